The molecule has 0 radical (unpaired) electrons. The van der Waals surface area contributed by atoms with E-state index < -0.39 is 0 Å². The molecule has 0 saturated heterocycles. The molecule has 3 aromatic rings. The second-order valence-electron chi connectivity index (χ2n) is 5.27. The van der Waals surface area contributed by atoms with E-state index in [1.54, 1.807) is 42.2 Å². The molecule has 0 unspecified atom stereocenters. The first-order valence-electron chi connectivity index (χ1n) is 7.11. The molecule has 23 heavy (non-hydrogen) atoms. The number of carbonyl (C=O) groups is 1. The van der Waals surface area contributed by atoms with Crippen molar-refractivity contribution in [3.05, 3.63) is 65.5 Å². The van der Waals surface area contributed by atoms with Crippen molar-refractivity contribution in [3.63, 3.8) is 0 Å². The van der Waals surface area contributed by atoms with Gasteiger partial charge in [0.2, 0.25) is 0 Å². The fraction of sp³-hybridized carbons (Fsp3) is 0.188. The molecular formula is C16H16FN5O. The van der Waals surface area contributed by atoms with Gasteiger partial charge in [0.25, 0.3) is 5.91 Å². The van der Waals surface area contributed by atoms with Crippen molar-refractivity contribution in [3.8, 4) is 0 Å². The standard InChI is InChI=1S/C16H16FN5O/c1-11-7-15(21(2)20-11)16(23)19-13-8-18-22(10-13)9-12-5-3-4-6-14(12)17/h3-8,10H,9H2,1-2H3,(H,19,23). The Kier molecular flexibility index (Phi) is 3.92. The Labute approximate surface area is 132 Å². The third-order valence-corrected chi connectivity index (χ3v) is 3.42. The number of hydrogen-bond acceptors (Lipinski definition) is 3. The van der Waals surface area contributed by atoms with E-state index in [0.29, 0.717) is 23.5 Å². The predicted molar refractivity (Wildman–Crippen MR) is 83.6 cm³/mol. The SMILES string of the molecule is Cc1cc(C(=O)Nc2cnn(Cc3ccccc3F)c2)n(C)n1. The van der Waals surface area contributed by atoms with Gasteiger partial charge < -0.3 is 5.32 Å². The number of amides is 1. The van der Waals surface area contributed by atoms with Gasteiger partial charge in [0.05, 0.1) is 24.1 Å². The van der Waals surface area contributed by atoms with Crippen LogP contribution < -0.4 is 5.32 Å². The number of nitrogens with zero attached hydrogens (tertiary/aromatic N) is 4. The van der Waals surface area contributed by atoms with Crippen LogP contribution in [-0.4, -0.2) is 25.5 Å². The van der Waals surface area contributed by atoms with Gasteiger partial charge in [0.15, 0.2) is 0 Å². The van der Waals surface area contributed by atoms with Crippen LogP contribution >= 0.6 is 0 Å². The lowest BCUT2D eigenvalue weighted by molar-refractivity contribution is 0.101. The van der Waals surface area contributed by atoms with Crippen molar-refractivity contribution >= 4 is 11.6 Å². The molecule has 7 heteroatoms. The minimum atomic E-state index is -0.279. The van der Waals surface area contributed by atoms with Crippen LogP contribution in [0.5, 0.6) is 0 Å². The molecule has 1 N–H and O–H groups in total. The summed E-state index contributed by atoms with van der Waals surface area (Å²) < 4.78 is 16.7. The van der Waals surface area contributed by atoms with Gasteiger partial charge in [-0.05, 0) is 19.1 Å². The second kappa shape index (κ2) is 6.04. The normalized spacial score (nSPS) is 10.7. The first-order valence-corrected chi connectivity index (χ1v) is 7.11. The zero-order valence-corrected chi connectivity index (χ0v) is 12.8. The number of rotatable bonds is 4. The number of anilines is 1. The molecule has 0 bridgehead atoms. The van der Waals surface area contributed by atoms with Crippen LogP contribution in [0.25, 0.3) is 0 Å². The Morgan fingerprint density at radius 1 is 1.35 bits per heavy atom. The number of benzene rings is 1. The summed E-state index contributed by atoms with van der Waals surface area (Å²) in [6.07, 6.45) is 3.19. The molecule has 3 rings (SSSR count). The lowest BCUT2D eigenvalue weighted by Gasteiger charge is -2.03. The molecular weight excluding hydrogens is 297 g/mol. The number of carbonyl (C=O) groups excluding carboxylic acids is 1. The zero-order valence-electron chi connectivity index (χ0n) is 12.8. The molecule has 0 atom stereocenters. The third kappa shape index (κ3) is 3.28. The number of hydrogen-bond donors (Lipinski definition) is 1. The maximum absolute atomic E-state index is 13.6. The summed E-state index contributed by atoms with van der Waals surface area (Å²) >= 11 is 0. The zero-order chi connectivity index (χ0) is 16.4. The van der Waals surface area contributed by atoms with Crippen LogP contribution in [0.1, 0.15) is 21.7 Å². The minimum Gasteiger partial charge on any atom is -0.318 e. The van der Waals surface area contributed by atoms with Gasteiger partial charge in [-0.3, -0.25) is 14.2 Å². The van der Waals surface area contributed by atoms with Crippen LogP contribution in [0.3, 0.4) is 0 Å². The van der Waals surface area contributed by atoms with E-state index in [0.717, 1.165) is 5.69 Å². The highest BCUT2D eigenvalue weighted by Gasteiger charge is 2.13. The number of aromatic nitrogens is 4. The van der Waals surface area contributed by atoms with Crippen LogP contribution in [0.15, 0.2) is 42.7 Å². The number of aryl methyl sites for hydroxylation is 2. The average molecular weight is 313 g/mol. The van der Waals surface area contributed by atoms with Crippen molar-refractivity contribution in [1.82, 2.24) is 19.6 Å². The van der Waals surface area contributed by atoms with Crippen molar-refractivity contribution in [2.75, 3.05) is 5.32 Å². The van der Waals surface area contributed by atoms with E-state index >= 15 is 0 Å². The number of halogens is 1. The van der Waals surface area contributed by atoms with Crippen LogP contribution in [0, 0.1) is 12.7 Å². The van der Waals surface area contributed by atoms with E-state index in [9.17, 15) is 9.18 Å². The van der Waals surface area contributed by atoms with Crippen LogP contribution in [0.4, 0.5) is 10.1 Å². The summed E-state index contributed by atoms with van der Waals surface area (Å²) in [4.78, 5) is 12.2. The van der Waals surface area contributed by atoms with Gasteiger partial charge in [0.1, 0.15) is 11.5 Å². The first kappa shape index (κ1) is 15.0. The van der Waals surface area contributed by atoms with Crippen LogP contribution in [0.2, 0.25) is 0 Å². The monoisotopic (exact) mass is 313 g/mol. The van der Waals surface area contributed by atoms with E-state index in [2.05, 4.69) is 15.5 Å². The molecule has 0 aliphatic carbocycles. The Hall–Kier alpha value is -2.96. The summed E-state index contributed by atoms with van der Waals surface area (Å²) in [5.41, 5.74) is 2.32. The largest absolute Gasteiger partial charge is 0.318 e. The Bertz CT molecular complexity index is 852. The van der Waals surface area contributed by atoms with Crippen molar-refractivity contribution < 1.29 is 9.18 Å². The molecule has 1 aromatic carbocycles. The third-order valence-electron chi connectivity index (χ3n) is 3.42. The van der Waals surface area contributed by atoms with Gasteiger partial charge in [0, 0.05) is 18.8 Å². The molecule has 0 spiro atoms. The Morgan fingerprint density at radius 2 is 2.13 bits per heavy atom. The smallest absolute Gasteiger partial charge is 0.274 e. The highest BCUT2D eigenvalue weighted by Crippen LogP contribution is 2.12. The molecule has 0 saturated carbocycles. The van der Waals surface area contributed by atoms with E-state index in [1.165, 1.54) is 16.9 Å². The summed E-state index contributed by atoms with van der Waals surface area (Å²) in [5, 5.41) is 11.0. The summed E-state index contributed by atoms with van der Waals surface area (Å²) in [7, 11) is 1.71. The minimum absolute atomic E-state index is 0.265. The van der Waals surface area contributed by atoms with Gasteiger partial charge in [-0.25, -0.2) is 4.39 Å². The quantitative estimate of drug-likeness (QED) is 0.804. The van der Waals surface area contributed by atoms with Gasteiger partial charge in [-0.15, -0.1) is 0 Å². The lowest BCUT2D eigenvalue weighted by Crippen LogP contribution is -2.15. The highest BCUT2D eigenvalue weighted by molar-refractivity contribution is 6.02. The van der Waals surface area contributed by atoms with Crippen molar-refractivity contribution in [2.45, 2.75) is 13.5 Å². The molecule has 0 aliphatic heterocycles. The highest BCUT2D eigenvalue weighted by atomic mass is 19.1. The Morgan fingerprint density at radius 3 is 2.83 bits per heavy atom. The van der Waals surface area contributed by atoms with Gasteiger partial charge in [-0.2, -0.15) is 10.2 Å². The van der Waals surface area contributed by atoms with Crippen molar-refractivity contribution in [1.29, 1.82) is 0 Å². The molecule has 0 fully saturated rings. The maximum Gasteiger partial charge on any atom is 0.274 e. The fourth-order valence-electron chi connectivity index (χ4n) is 2.33. The molecule has 2 aromatic heterocycles. The topological polar surface area (TPSA) is 64.7 Å². The van der Waals surface area contributed by atoms with E-state index in [4.69, 9.17) is 0 Å². The lowest BCUT2D eigenvalue weighted by atomic mass is 10.2. The van der Waals surface area contributed by atoms with Crippen molar-refractivity contribution in [2.24, 2.45) is 7.05 Å². The summed E-state index contributed by atoms with van der Waals surface area (Å²) in [6.45, 7) is 2.12. The Balaban J connectivity index is 1.71. The second-order valence-corrected chi connectivity index (χ2v) is 5.27. The van der Waals surface area contributed by atoms with E-state index in [-0.39, 0.29) is 11.7 Å². The van der Waals surface area contributed by atoms with E-state index in [1.807, 2.05) is 6.92 Å². The molecule has 118 valence electrons. The van der Waals surface area contributed by atoms with Crippen LogP contribution in [-0.2, 0) is 13.6 Å². The van der Waals surface area contributed by atoms with Gasteiger partial charge >= 0.3 is 0 Å². The fourth-order valence-corrected chi connectivity index (χ4v) is 2.33. The van der Waals surface area contributed by atoms with Gasteiger partial charge in [-0.1, -0.05) is 18.2 Å². The summed E-state index contributed by atoms with van der Waals surface area (Å²) in [6, 6.07) is 8.23. The molecule has 2 heterocycles. The predicted octanol–water partition coefficient (Wildman–Crippen LogP) is 2.36. The maximum atomic E-state index is 13.6. The molecule has 0 aliphatic rings. The first-order chi connectivity index (χ1) is 11.0. The number of nitrogens with one attached hydrogen (secondary N) is 1. The average Bonchev–Trinajstić information content (AvgIpc) is 3.07. The molecule has 1 amide bonds. The molecule has 6 nitrogen and oxygen atoms in total. The summed E-state index contributed by atoms with van der Waals surface area (Å²) in [5.74, 6) is -0.544.